The maximum Gasteiger partial charge on any atom is 0.322 e. The van der Waals surface area contributed by atoms with Gasteiger partial charge in [-0.05, 0) is 47.5 Å². The third kappa shape index (κ3) is 3.77. The van der Waals surface area contributed by atoms with Gasteiger partial charge >= 0.3 is 6.03 Å². The zero-order valence-corrected chi connectivity index (χ0v) is 18.0. The molecular weight excluding hydrogens is 435 g/mol. The summed E-state index contributed by atoms with van der Waals surface area (Å²) < 4.78 is 19.1. The maximum atomic E-state index is 13.5. The Morgan fingerprint density at radius 3 is 2.61 bits per heavy atom. The molecule has 1 aliphatic heterocycles. The van der Waals surface area contributed by atoms with E-state index >= 15 is 0 Å². The van der Waals surface area contributed by atoms with Crippen LogP contribution in [-0.4, -0.2) is 21.1 Å². The van der Waals surface area contributed by atoms with Crippen LogP contribution in [0.2, 0.25) is 0 Å². The van der Waals surface area contributed by atoms with Gasteiger partial charge in [0.1, 0.15) is 5.82 Å². The number of urea groups is 1. The van der Waals surface area contributed by atoms with Crippen molar-refractivity contribution in [1.29, 1.82) is 0 Å². The molecule has 1 aliphatic rings. The molecule has 9 heteroatoms. The summed E-state index contributed by atoms with van der Waals surface area (Å²) in [6.45, 7) is 2.30. The van der Waals surface area contributed by atoms with Gasteiger partial charge in [0.15, 0.2) is 0 Å². The first-order valence-corrected chi connectivity index (χ1v) is 11.3. The molecular formula is C22H17FN4O2S2. The summed E-state index contributed by atoms with van der Waals surface area (Å²) in [7, 11) is 0. The van der Waals surface area contributed by atoms with Crippen LogP contribution in [-0.2, 0) is 6.54 Å². The van der Waals surface area contributed by atoms with E-state index in [0.29, 0.717) is 29.5 Å². The molecule has 5 rings (SSSR count). The van der Waals surface area contributed by atoms with E-state index in [9.17, 15) is 9.18 Å². The molecule has 2 amide bonds. The maximum absolute atomic E-state index is 13.5. The number of carbonyl (C=O) groups excluding carboxylic acids is 1. The molecule has 0 aliphatic carbocycles. The number of hydrogen-bond acceptors (Lipinski definition) is 6. The van der Waals surface area contributed by atoms with Crippen LogP contribution in [0.15, 0.2) is 69.5 Å². The summed E-state index contributed by atoms with van der Waals surface area (Å²) in [5, 5.41) is 11.1. The SMILES string of the molecule is CC1=C(c2nc(-c3cccs3)no2)C(c2ccc(F)cc2)NC(=O)N1Cc1cccs1. The van der Waals surface area contributed by atoms with Crippen LogP contribution in [0.3, 0.4) is 0 Å². The number of nitrogens with one attached hydrogen (secondary N) is 1. The van der Waals surface area contributed by atoms with Gasteiger partial charge in [0.2, 0.25) is 5.82 Å². The minimum Gasteiger partial charge on any atom is -0.334 e. The Morgan fingerprint density at radius 2 is 1.90 bits per heavy atom. The number of amides is 2. The van der Waals surface area contributed by atoms with Gasteiger partial charge in [-0.1, -0.05) is 29.4 Å². The Kier molecular flexibility index (Phi) is 5.13. The molecule has 6 nitrogen and oxygen atoms in total. The average Bonchev–Trinajstić information content (AvgIpc) is 3.54. The van der Waals surface area contributed by atoms with Gasteiger partial charge in [-0.3, -0.25) is 4.90 Å². The highest BCUT2D eigenvalue weighted by Gasteiger charge is 2.36. The number of hydrogen-bond donors (Lipinski definition) is 1. The van der Waals surface area contributed by atoms with Crippen molar-refractivity contribution in [2.45, 2.75) is 19.5 Å². The molecule has 1 unspecified atom stereocenters. The topological polar surface area (TPSA) is 71.3 Å². The highest BCUT2D eigenvalue weighted by Crippen LogP contribution is 2.38. The summed E-state index contributed by atoms with van der Waals surface area (Å²) in [6, 6.07) is 13.1. The molecule has 1 aromatic carbocycles. The van der Waals surface area contributed by atoms with Crippen molar-refractivity contribution >= 4 is 34.3 Å². The van der Waals surface area contributed by atoms with Crippen LogP contribution in [0.1, 0.15) is 29.3 Å². The smallest absolute Gasteiger partial charge is 0.322 e. The van der Waals surface area contributed by atoms with Gasteiger partial charge in [-0.2, -0.15) is 4.98 Å². The van der Waals surface area contributed by atoms with E-state index in [1.165, 1.54) is 23.5 Å². The van der Waals surface area contributed by atoms with E-state index in [2.05, 4.69) is 15.5 Å². The first-order valence-electron chi connectivity index (χ1n) is 9.55. The van der Waals surface area contributed by atoms with Crippen LogP contribution >= 0.6 is 22.7 Å². The lowest BCUT2D eigenvalue weighted by Crippen LogP contribution is -2.45. The van der Waals surface area contributed by atoms with Crippen LogP contribution < -0.4 is 5.32 Å². The fourth-order valence-electron chi connectivity index (χ4n) is 3.55. The monoisotopic (exact) mass is 452 g/mol. The summed E-state index contributed by atoms with van der Waals surface area (Å²) in [6.07, 6.45) is 0. The quantitative estimate of drug-likeness (QED) is 0.422. The predicted octanol–water partition coefficient (Wildman–Crippen LogP) is 5.70. The van der Waals surface area contributed by atoms with Gasteiger partial charge in [0.05, 0.1) is 23.0 Å². The van der Waals surface area contributed by atoms with Crippen molar-refractivity contribution in [1.82, 2.24) is 20.4 Å². The standard InChI is InChI=1S/C22H17FN4O2S2/c1-13-18(21-25-20(26-29-21)17-5-3-11-31-17)19(14-6-8-15(23)9-7-14)24-22(28)27(13)12-16-4-2-10-30-16/h2-11,19H,12H2,1H3,(H,24,28). The normalized spacial score (nSPS) is 16.6. The molecule has 1 atom stereocenters. The Morgan fingerprint density at radius 1 is 1.13 bits per heavy atom. The highest BCUT2D eigenvalue weighted by atomic mass is 32.1. The number of thiophene rings is 2. The molecule has 31 heavy (non-hydrogen) atoms. The summed E-state index contributed by atoms with van der Waals surface area (Å²) in [5.74, 6) is 0.474. The molecule has 0 saturated carbocycles. The first kappa shape index (κ1) is 19.7. The van der Waals surface area contributed by atoms with E-state index in [0.717, 1.165) is 15.3 Å². The lowest BCUT2D eigenvalue weighted by atomic mass is 9.94. The summed E-state index contributed by atoms with van der Waals surface area (Å²) >= 11 is 3.10. The molecule has 0 saturated heterocycles. The van der Waals surface area contributed by atoms with Gasteiger partial charge in [-0.15, -0.1) is 22.7 Å². The van der Waals surface area contributed by atoms with Crippen LogP contribution in [0.25, 0.3) is 16.3 Å². The lowest BCUT2D eigenvalue weighted by Gasteiger charge is -2.35. The van der Waals surface area contributed by atoms with Crippen LogP contribution in [0.4, 0.5) is 9.18 Å². The minimum atomic E-state index is -0.538. The molecule has 0 radical (unpaired) electrons. The number of nitrogens with zero attached hydrogens (tertiary/aromatic N) is 3. The largest absolute Gasteiger partial charge is 0.334 e. The van der Waals surface area contributed by atoms with Crippen molar-refractivity contribution in [2.24, 2.45) is 0 Å². The second kappa shape index (κ2) is 8.09. The summed E-state index contributed by atoms with van der Waals surface area (Å²) in [5.41, 5.74) is 2.14. The van der Waals surface area contributed by atoms with E-state index in [1.54, 1.807) is 28.4 Å². The number of halogens is 1. The van der Waals surface area contributed by atoms with Crippen molar-refractivity contribution in [3.63, 3.8) is 0 Å². The average molecular weight is 453 g/mol. The van der Waals surface area contributed by atoms with Crippen molar-refractivity contribution in [3.8, 4) is 10.7 Å². The fourth-order valence-corrected chi connectivity index (χ4v) is 4.89. The van der Waals surface area contributed by atoms with Gasteiger partial charge in [0, 0.05) is 10.6 Å². The number of aromatic nitrogens is 2. The number of rotatable bonds is 5. The molecule has 0 fully saturated rings. The lowest BCUT2D eigenvalue weighted by molar-refractivity contribution is 0.203. The number of allylic oxidation sites excluding steroid dienone is 1. The molecule has 0 spiro atoms. The first-order chi connectivity index (χ1) is 15.1. The fraction of sp³-hybridized carbons (Fsp3) is 0.136. The van der Waals surface area contributed by atoms with E-state index < -0.39 is 6.04 Å². The molecule has 1 N–H and O–H groups in total. The second-order valence-corrected chi connectivity index (χ2v) is 8.98. The van der Waals surface area contributed by atoms with Crippen LogP contribution in [0, 0.1) is 5.82 Å². The predicted molar refractivity (Wildman–Crippen MR) is 118 cm³/mol. The van der Waals surface area contributed by atoms with E-state index in [4.69, 9.17) is 4.52 Å². The Labute approximate surface area is 185 Å². The molecule has 156 valence electrons. The third-order valence-electron chi connectivity index (χ3n) is 5.09. The molecule has 0 bridgehead atoms. The van der Waals surface area contributed by atoms with Gasteiger partial charge < -0.3 is 9.84 Å². The van der Waals surface area contributed by atoms with Crippen LogP contribution in [0.5, 0.6) is 0 Å². The van der Waals surface area contributed by atoms with Gasteiger partial charge in [-0.25, -0.2) is 9.18 Å². The highest BCUT2D eigenvalue weighted by molar-refractivity contribution is 7.13. The second-order valence-electron chi connectivity index (χ2n) is 7.00. The minimum absolute atomic E-state index is 0.234. The Balaban J connectivity index is 1.60. The molecule has 4 aromatic rings. The van der Waals surface area contributed by atoms with Crippen molar-refractivity contribution in [2.75, 3.05) is 0 Å². The van der Waals surface area contributed by atoms with Crippen molar-refractivity contribution < 1.29 is 13.7 Å². The van der Waals surface area contributed by atoms with E-state index in [-0.39, 0.29) is 11.8 Å². The summed E-state index contributed by atoms with van der Waals surface area (Å²) in [4.78, 5) is 21.2. The molecule has 4 heterocycles. The Bertz CT molecular complexity index is 1230. The van der Waals surface area contributed by atoms with E-state index in [1.807, 2.05) is 41.9 Å². The van der Waals surface area contributed by atoms with Gasteiger partial charge in [0.25, 0.3) is 5.89 Å². The zero-order chi connectivity index (χ0) is 21.4. The Hall–Kier alpha value is -3.30. The molecule has 3 aromatic heterocycles. The number of carbonyl (C=O) groups is 1. The zero-order valence-electron chi connectivity index (χ0n) is 16.4. The third-order valence-corrected chi connectivity index (χ3v) is 6.82. The van der Waals surface area contributed by atoms with Crippen molar-refractivity contribution in [3.05, 3.63) is 87.1 Å². The number of benzene rings is 1.